The summed E-state index contributed by atoms with van der Waals surface area (Å²) >= 11 is 0. The molecule has 0 saturated heterocycles. The van der Waals surface area contributed by atoms with E-state index >= 15 is 0 Å². The first kappa shape index (κ1) is 17.8. The van der Waals surface area contributed by atoms with Crippen molar-refractivity contribution in [2.75, 3.05) is 12.4 Å². The molecule has 26 heavy (non-hydrogen) atoms. The Morgan fingerprint density at radius 3 is 2.65 bits per heavy atom. The van der Waals surface area contributed by atoms with Crippen molar-refractivity contribution in [3.05, 3.63) is 75.3 Å². The lowest BCUT2D eigenvalue weighted by Crippen LogP contribution is -2.14. The lowest BCUT2D eigenvalue weighted by molar-refractivity contribution is 0.185. The molecule has 2 heterocycles. The fraction of sp³-hybridized carbons (Fsp3) is 0.250. The zero-order chi connectivity index (χ0) is 18.5. The Labute approximate surface area is 152 Å². The molecule has 0 spiro atoms. The van der Waals surface area contributed by atoms with Crippen LogP contribution < -0.4 is 10.9 Å². The highest BCUT2D eigenvalue weighted by Gasteiger charge is 2.06. The molecule has 0 radical (unpaired) electrons. The number of aryl methyl sites for hydroxylation is 1. The Bertz CT molecular complexity index is 949. The smallest absolute Gasteiger partial charge is 0.254 e. The van der Waals surface area contributed by atoms with Gasteiger partial charge in [0.2, 0.25) is 0 Å². The van der Waals surface area contributed by atoms with Gasteiger partial charge in [0.1, 0.15) is 11.6 Å². The summed E-state index contributed by atoms with van der Waals surface area (Å²) in [6.07, 6.45) is 1.71. The first-order chi connectivity index (χ1) is 12.6. The number of nitrogens with one attached hydrogen (secondary N) is 2. The highest BCUT2D eigenvalue weighted by molar-refractivity contribution is 5.56. The predicted octanol–water partition coefficient (Wildman–Crippen LogP) is 3.21. The molecule has 2 aromatic heterocycles. The first-order valence-electron chi connectivity index (χ1n) is 8.41. The van der Waals surface area contributed by atoms with Crippen LogP contribution in [0.1, 0.15) is 22.4 Å². The molecule has 2 N–H and O–H groups in total. The maximum absolute atomic E-state index is 11.9. The van der Waals surface area contributed by atoms with Gasteiger partial charge in [-0.2, -0.15) is 0 Å². The van der Waals surface area contributed by atoms with Gasteiger partial charge in [-0.05, 0) is 37.1 Å². The number of aromatic nitrogens is 3. The third kappa shape index (κ3) is 4.15. The van der Waals surface area contributed by atoms with Crippen molar-refractivity contribution < 1.29 is 4.74 Å². The molecular formula is C20H22N4O2. The van der Waals surface area contributed by atoms with Crippen LogP contribution in [0.25, 0.3) is 11.4 Å². The number of ether oxygens (including phenoxy) is 1. The fourth-order valence-corrected chi connectivity index (χ4v) is 2.61. The van der Waals surface area contributed by atoms with Gasteiger partial charge in [-0.3, -0.25) is 4.79 Å². The van der Waals surface area contributed by atoms with Gasteiger partial charge in [0.25, 0.3) is 5.56 Å². The van der Waals surface area contributed by atoms with E-state index < -0.39 is 0 Å². The van der Waals surface area contributed by atoms with Crippen LogP contribution in [0.3, 0.4) is 0 Å². The number of benzene rings is 1. The molecule has 0 saturated carbocycles. The minimum absolute atomic E-state index is 0.120. The topological polar surface area (TPSA) is 79.9 Å². The Hall–Kier alpha value is -2.99. The molecule has 3 rings (SSSR count). The van der Waals surface area contributed by atoms with E-state index in [0.717, 1.165) is 28.2 Å². The highest BCUT2D eigenvalue weighted by atomic mass is 16.5. The molecule has 0 atom stereocenters. The van der Waals surface area contributed by atoms with E-state index in [1.54, 1.807) is 20.2 Å². The Balaban J connectivity index is 1.70. The fourth-order valence-electron chi connectivity index (χ4n) is 2.61. The molecule has 0 aliphatic rings. The second-order valence-corrected chi connectivity index (χ2v) is 6.16. The number of pyridine rings is 1. The van der Waals surface area contributed by atoms with Crippen LogP contribution in [0.5, 0.6) is 0 Å². The van der Waals surface area contributed by atoms with Crippen LogP contribution >= 0.6 is 0 Å². The first-order valence-corrected chi connectivity index (χ1v) is 8.41. The lowest BCUT2D eigenvalue weighted by atomic mass is 10.1. The van der Waals surface area contributed by atoms with Crippen molar-refractivity contribution in [1.82, 2.24) is 15.0 Å². The number of H-pyrrole nitrogens is 1. The quantitative estimate of drug-likeness (QED) is 0.714. The number of rotatable bonds is 6. The van der Waals surface area contributed by atoms with Crippen LogP contribution in [0.15, 0.2) is 47.4 Å². The minimum Gasteiger partial charge on any atom is -0.380 e. The second-order valence-electron chi connectivity index (χ2n) is 6.16. The molecule has 3 aromatic rings. The standard InChI is InChI=1S/C20H22N4O2/c1-13-14(2)23-19(24-20(13)25)17-7-8-18(22-11-17)21-10-15-5-4-6-16(9-15)12-26-3/h4-9,11H,10,12H2,1-3H3,(H,21,22)(H,23,24,25). The van der Waals surface area contributed by atoms with Crippen molar-refractivity contribution in [3.8, 4) is 11.4 Å². The average Bonchev–Trinajstić information content (AvgIpc) is 2.65. The van der Waals surface area contributed by atoms with Gasteiger partial charge in [-0.15, -0.1) is 0 Å². The van der Waals surface area contributed by atoms with E-state index in [1.807, 2.05) is 31.2 Å². The van der Waals surface area contributed by atoms with Crippen LogP contribution in [-0.4, -0.2) is 22.1 Å². The van der Waals surface area contributed by atoms with Crippen molar-refractivity contribution in [2.24, 2.45) is 0 Å². The van der Waals surface area contributed by atoms with Gasteiger partial charge >= 0.3 is 0 Å². The van der Waals surface area contributed by atoms with Crippen LogP contribution in [0.4, 0.5) is 5.82 Å². The molecule has 0 aliphatic heterocycles. The third-order valence-electron chi connectivity index (χ3n) is 4.21. The van der Waals surface area contributed by atoms with Gasteiger partial charge in [-0.1, -0.05) is 24.3 Å². The largest absolute Gasteiger partial charge is 0.380 e. The number of nitrogens with zero attached hydrogens (tertiary/aromatic N) is 2. The summed E-state index contributed by atoms with van der Waals surface area (Å²) < 4.78 is 5.16. The van der Waals surface area contributed by atoms with Crippen LogP contribution in [-0.2, 0) is 17.9 Å². The predicted molar refractivity (Wildman–Crippen MR) is 102 cm³/mol. The molecular weight excluding hydrogens is 328 g/mol. The summed E-state index contributed by atoms with van der Waals surface area (Å²) in [6.45, 7) is 4.86. The van der Waals surface area contributed by atoms with Gasteiger partial charge in [-0.25, -0.2) is 9.97 Å². The van der Waals surface area contributed by atoms with E-state index in [1.165, 1.54) is 0 Å². The van der Waals surface area contributed by atoms with Crippen LogP contribution in [0, 0.1) is 13.8 Å². The monoisotopic (exact) mass is 350 g/mol. The third-order valence-corrected chi connectivity index (χ3v) is 4.21. The molecule has 0 fully saturated rings. The SMILES string of the molecule is COCc1cccc(CNc2ccc(-c3nc(C)c(C)c(=O)[nH]3)cn2)c1. The Kier molecular flexibility index (Phi) is 5.43. The zero-order valence-electron chi connectivity index (χ0n) is 15.2. The summed E-state index contributed by atoms with van der Waals surface area (Å²) in [5, 5.41) is 3.30. The van der Waals surface area contributed by atoms with E-state index in [4.69, 9.17) is 4.74 Å². The van der Waals surface area contributed by atoms with E-state index in [0.29, 0.717) is 24.5 Å². The Morgan fingerprint density at radius 2 is 1.96 bits per heavy atom. The van der Waals surface area contributed by atoms with Crippen molar-refractivity contribution in [1.29, 1.82) is 0 Å². The van der Waals surface area contributed by atoms with Crippen molar-refractivity contribution in [3.63, 3.8) is 0 Å². The van der Waals surface area contributed by atoms with E-state index in [2.05, 4.69) is 32.4 Å². The summed E-state index contributed by atoms with van der Waals surface area (Å²) in [4.78, 5) is 23.5. The molecule has 0 amide bonds. The maximum atomic E-state index is 11.9. The minimum atomic E-state index is -0.120. The normalized spacial score (nSPS) is 10.7. The van der Waals surface area contributed by atoms with Gasteiger partial charge < -0.3 is 15.0 Å². The Morgan fingerprint density at radius 1 is 1.15 bits per heavy atom. The number of anilines is 1. The number of aromatic amines is 1. The van der Waals surface area contributed by atoms with Crippen molar-refractivity contribution >= 4 is 5.82 Å². The van der Waals surface area contributed by atoms with Gasteiger partial charge in [0, 0.05) is 36.7 Å². The van der Waals surface area contributed by atoms with E-state index in [9.17, 15) is 4.79 Å². The molecule has 6 nitrogen and oxygen atoms in total. The second kappa shape index (κ2) is 7.93. The summed E-state index contributed by atoms with van der Waals surface area (Å²) in [5.41, 5.74) is 4.31. The van der Waals surface area contributed by atoms with Crippen LogP contribution in [0.2, 0.25) is 0 Å². The molecule has 1 aromatic carbocycles. The maximum Gasteiger partial charge on any atom is 0.254 e. The van der Waals surface area contributed by atoms with Gasteiger partial charge in [0.05, 0.1) is 6.61 Å². The molecule has 0 unspecified atom stereocenters. The summed E-state index contributed by atoms with van der Waals surface area (Å²) in [6, 6.07) is 12.0. The van der Waals surface area contributed by atoms with Crippen molar-refractivity contribution in [2.45, 2.75) is 27.0 Å². The average molecular weight is 350 g/mol. The highest BCUT2D eigenvalue weighted by Crippen LogP contribution is 2.16. The molecule has 0 aliphatic carbocycles. The molecule has 6 heteroatoms. The lowest BCUT2D eigenvalue weighted by Gasteiger charge is -2.09. The van der Waals surface area contributed by atoms with E-state index in [-0.39, 0.29) is 5.56 Å². The molecule has 134 valence electrons. The summed E-state index contributed by atoms with van der Waals surface area (Å²) in [7, 11) is 1.69. The summed E-state index contributed by atoms with van der Waals surface area (Å²) in [5.74, 6) is 1.29. The number of methoxy groups -OCH3 is 1. The number of hydrogen-bond donors (Lipinski definition) is 2. The number of hydrogen-bond acceptors (Lipinski definition) is 5. The van der Waals surface area contributed by atoms with Gasteiger partial charge in [0.15, 0.2) is 0 Å². The zero-order valence-corrected chi connectivity index (χ0v) is 15.2. The molecule has 0 bridgehead atoms.